The molecule has 1 aromatic heterocycles. The van der Waals surface area contributed by atoms with Gasteiger partial charge >= 0.3 is 0 Å². The number of amides is 1. The first-order chi connectivity index (χ1) is 13.7. The van der Waals surface area contributed by atoms with Gasteiger partial charge in [-0.1, -0.05) is 12.1 Å². The molecule has 0 bridgehead atoms. The summed E-state index contributed by atoms with van der Waals surface area (Å²) in [5.74, 6) is 1.04. The summed E-state index contributed by atoms with van der Waals surface area (Å²) in [7, 11) is 3.38. The summed E-state index contributed by atoms with van der Waals surface area (Å²) < 4.78 is 16.6. The fraction of sp³-hybridized carbons (Fsp3) is 0.591. The van der Waals surface area contributed by atoms with Crippen molar-refractivity contribution < 1.29 is 18.7 Å². The third-order valence-electron chi connectivity index (χ3n) is 6.45. The van der Waals surface area contributed by atoms with Crippen LogP contribution >= 0.6 is 0 Å². The van der Waals surface area contributed by atoms with Crippen LogP contribution in [0.25, 0.3) is 11.0 Å². The van der Waals surface area contributed by atoms with Gasteiger partial charge in [0.2, 0.25) is 0 Å². The van der Waals surface area contributed by atoms with E-state index in [4.69, 9.17) is 13.9 Å². The number of methoxy groups -OCH3 is 2. The van der Waals surface area contributed by atoms with Gasteiger partial charge in [-0.3, -0.25) is 9.69 Å². The number of ether oxygens (including phenoxy) is 2. The molecule has 2 aliphatic rings. The largest absolute Gasteiger partial charge is 0.493 e. The Morgan fingerprint density at radius 3 is 2.75 bits per heavy atom. The summed E-state index contributed by atoms with van der Waals surface area (Å²) in [6, 6.07) is 7.54. The molecule has 4 rings (SSSR count). The SMILES string of the molecule is COCCN1CCCC12CCCN(C(=O)c1cc3cccc(OC)c3o1)CC2. The molecule has 2 aliphatic heterocycles. The van der Waals surface area contributed by atoms with Crippen LogP contribution in [0.5, 0.6) is 5.75 Å². The van der Waals surface area contributed by atoms with Crippen LogP contribution in [0.3, 0.4) is 0 Å². The number of para-hydroxylation sites is 1. The number of hydrogen-bond acceptors (Lipinski definition) is 5. The molecule has 152 valence electrons. The lowest BCUT2D eigenvalue weighted by molar-refractivity contribution is 0.0677. The average molecular weight is 386 g/mol. The minimum Gasteiger partial charge on any atom is -0.493 e. The van der Waals surface area contributed by atoms with Crippen LogP contribution in [0.1, 0.15) is 42.7 Å². The molecular weight excluding hydrogens is 356 g/mol. The van der Waals surface area contributed by atoms with Gasteiger partial charge in [0, 0.05) is 37.7 Å². The fourth-order valence-corrected chi connectivity index (χ4v) is 4.95. The monoisotopic (exact) mass is 386 g/mol. The molecule has 3 heterocycles. The summed E-state index contributed by atoms with van der Waals surface area (Å²) in [6.07, 6.45) is 5.65. The van der Waals surface area contributed by atoms with E-state index in [0.717, 1.165) is 57.4 Å². The van der Waals surface area contributed by atoms with E-state index < -0.39 is 0 Å². The zero-order chi connectivity index (χ0) is 19.6. The molecule has 1 unspecified atom stereocenters. The number of likely N-dealkylation sites (tertiary alicyclic amines) is 2. The molecule has 1 aromatic carbocycles. The molecule has 2 aromatic rings. The minimum absolute atomic E-state index is 0.0169. The number of nitrogens with zero attached hydrogens (tertiary/aromatic N) is 2. The van der Waals surface area contributed by atoms with Crippen molar-refractivity contribution >= 4 is 16.9 Å². The molecule has 0 radical (unpaired) electrons. The Labute approximate surface area is 166 Å². The van der Waals surface area contributed by atoms with Crippen molar-refractivity contribution in [2.24, 2.45) is 0 Å². The number of carbonyl (C=O) groups is 1. The number of benzene rings is 1. The minimum atomic E-state index is -0.0169. The van der Waals surface area contributed by atoms with Gasteiger partial charge < -0.3 is 18.8 Å². The third-order valence-corrected chi connectivity index (χ3v) is 6.45. The highest BCUT2D eigenvalue weighted by atomic mass is 16.5. The molecule has 2 saturated heterocycles. The molecule has 0 aliphatic carbocycles. The second-order valence-corrected chi connectivity index (χ2v) is 7.94. The number of rotatable bonds is 5. The van der Waals surface area contributed by atoms with Gasteiger partial charge in [0.25, 0.3) is 5.91 Å². The van der Waals surface area contributed by atoms with E-state index in [1.54, 1.807) is 14.2 Å². The summed E-state index contributed by atoms with van der Waals surface area (Å²) in [5.41, 5.74) is 0.867. The maximum atomic E-state index is 13.1. The zero-order valence-corrected chi connectivity index (χ0v) is 16.9. The predicted molar refractivity (Wildman–Crippen MR) is 108 cm³/mol. The van der Waals surface area contributed by atoms with Crippen molar-refractivity contribution in [3.05, 3.63) is 30.0 Å². The second-order valence-electron chi connectivity index (χ2n) is 7.94. The normalized spacial score (nSPS) is 23.4. The topological polar surface area (TPSA) is 55.2 Å². The van der Waals surface area contributed by atoms with E-state index in [1.165, 1.54) is 12.8 Å². The highest BCUT2D eigenvalue weighted by molar-refractivity contribution is 5.97. The quantitative estimate of drug-likeness (QED) is 0.787. The van der Waals surface area contributed by atoms with Gasteiger partial charge in [0.15, 0.2) is 17.1 Å². The summed E-state index contributed by atoms with van der Waals surface area (Å²) in [6.45, 7) is 4.45. The van der Waals surface area contributed by atoms with Crippen molar-refractivity contribution in [3.63, 3.8) is 0 Å². The van der Waals surface area contributed by atoms with E-state index in [0.29, 0.717) is 17.1 Å². The summed E-state index contributed by atoms with van der Waals surface area (Å²) >= 11 is 0. The van der Waals surface area contributed by atoms with Gasteiger partial charge in [-0.25, -0.2) is 0 Å². The lowest BCUT2D eigenvalue weighted by atomic mass is 9.88. The maximum Gasteiger partial charge on any atom is 0.289 e. The van der Waals surface area contributed by atoms with Gasteiger partial charge in [0.1, 0.15) is 0 Å². The first-order valence-corrected chi connectivity index (χ1v) is 10.3. The van der Waals surface area contributed by atoms with E-state index >= 15 is 0 Å². The lowest BCUT2D eigenvalue weighted by Gasteiger charge is -2.38. The number of carbonyl (C=O) groups excluding carboxylic acids is 1. The molecule has 0 N–H and O–H groups in total. The Balaban J connectivity index is 1.49. The number of fused-ring (bicyclic) bond motifs is 1. The van der Waals surface area contributed by atoms with E-state index in [1.807, 2.05) is 29.2 Å². The maximum absolute atomic E-state index is 13.1. The molecule has 1 atom stereocenters. The van der Waals surface area contributed by atoms with E-state index in [2.05, 4.69) is 4.90 Å². The van der Waals surface area contributed by atoms with Crippen LogP contribution in [0.2, 0.25) is 0 Å². The molecule has 28 heavy (non-hydrogen) atoms. The summed E-state index contributed by atoms with van der Waals surface area (Å²) in [4.78, 5) is 17.7. The Morgan fingerprint density at radius 2 is 1.96 bits per heavy atom. The molecule has 2 fully saturated rings. The molecule has 0 saturated carbocycles. The molecule has 1 amide bonds. The zero-order valence-electron chi connectivity index (χ0n) is 16.9. The first-order valence-electron chi connectivity index (χ1n) is 10.3. The van der Waals surface area contributed by atoms with Crippen molar-refractivity contribution in [1.29, 1.82) is 0 Å². The Hall–Kier alpha value is -2.05. The van der Waals surface area contributed by atoms with Gasteiger partial charge in [0.05, 0.1) is 13.7 Å². The molecule has 1 spiro atoms. The van der Waals surface area contributed by atoms with Crippen molar-refractivity contribution in [2.45, 2.75) is 37.6 Å². The van der Waals surface area contributed by atoms with Crippen LogP contribution in [-0.2, 0) is 4.74 Å². The standard InChI is InChI=1S/C22H30N2O4/c1-26-15-14-24-12-5-9-22(24)8-4-11-23(13-10-22)21(25)19-16-17-6-3-7-18(27-2)20(17)28-19/h3,6-7,16H,4-5,8-15H2,1-2H3. The fourth-order valence-electron chi connectivity index (χ4n) is 4.95. The highest BCUT2D eigenvalue weighted by Crippen LogP contribution is 2.38. The number of furan rings is 1. The van der Waals surface area contributed by atoms with Crippen LogP contribution in [0.15, 0.2) is 28.7 Å². The lowest BCUT2D eigenvalue weighted by Crippen LogP contribution is -2.46. The number of hydrogen-bond donors (Lipinski definition) is 0. The molecule has 6 heteroatoms. The van der Waals surface area contributed by atoms with Crippen LogP contribution in [0.4, 0.5) is 0 Å². The summed E-state index contributed by atoms with van der Waals surface area (Å²) in [5, 5.41) is 0.899. The Morgan fingerprint density at radius 1 is 1.14 bits per heavy atom. The van der Waals surface area contributed by atoms with Crippen molar-refractivity contribution in [3.8, 4) is 5.75 Å². The van der Waals surface area contributed by atoms with Crippen LogP contribution in [-0.4, -0.2) is 68.3 Å². The van der Waals surface area contributed by atoms with E-state index in [9.17, 15) is 4.79 Å². The highest BCUT2D eigenvalue weighted by Gasteiger charge is 2.42. The second kappa shape index (κ2) is 8.13. The van der Waals surface area contributed by atoms with Crippen molar-refractivity contribution in [2.75, 3.05) is 47.0 Å². The van der Waals surface area contributed by atoms with Crippen LogP contribution in [0, 0.1) is 0 Å². The molecule has 6 nitrogen and oxygen atoms in total. The Bertz CT molecular complexity index is 833. The van der Waals surface area contributed by atoms with E-state index in [-0.39, 0.29) is 11.4 Å². The predicted octanol–water partition coefficient (Wildman–Crippen LogP) is 3.55. The van der Waals surface area contributed by atoms with Crippen LogP contribution < -0.4 is 4.74 Å². The van der Waals surface area contributed by atoms with Gasteiger partial charge in [-0.15, -0.1) is 0 Å². The average Bonchev–Trinajstić information content (AvgIpc) is 3.25. The third kappa shape index (κ3) is 3.51. The van der Waals surface area contributed by atoms with Gasteiger partial charge in [-0.2, -0.15) is 0 Å². The smallest absolute Gasteiger partial charge is 0.289 e. The Kier molecular flexibility index (Phi) is 5.60. The molecular formula is C22H30N2O4. The van der Waals surface area contributed by atoms with Gasteiger partial charge in [-0.05, 0) is 50.8 Å². The van der Waals surface area contributed by atoms with Crippen molar-refractivity contribution in [1.82, 2.24) is 9.80 Å². The first kappa shape index (κ1) is 19.3.